The van der Waals surface area contributed by atoms with Gasteiger partial charge in [-0.3, -0.25) is 9.69 Å². The maximum atomic E-state index is 13.8. The highest BCUT2D eigenvalue weighted by atomic mass is 32.2. The number of urea groups is 1. The monoisotopic (exact) mass is 600 g/mol. The maximum absolute atomic E-state index is 13.8. The lowest BCUT2D eigenvalue weighted by Gasteiger charge is -2.40. The van der Waals surface area contributed by atoms with Crippen molar-refractivity contribution in [2.45, 2.75) is 26.3 Å². The molecule has 0 bridgehead atoms. The number of carbonyl (C=O) groups excluding carboxylic acids is 2. The Hall–Kier alpha value is -4.66. The predicted octanol–water partition coefficient (Wildman–Crippen LogP) is 8.65. The van der Waals surface area contributed by atoms with Crippen LogP contribution < -0.4 is 15.5 Å². The molecule has 0 saturated carbocycles. The van der Waals surface area contributed by atoms with Gasteiger partial charge in [0.15, 0.2) is 0 Å². The smallest absolute Gasteiger partial charge is 0.326 e. The first kappa shape index (κ1) is 27.2. The van der Waals surface area contributed by atoms with E-state index in [-0.39, 0.29) is 23.2 Å². The number of carbonyl (C=O) groups is 2. The van der Waals surface area contributed by atoms with Gasteiger partial charge in [0, 0.05) is 32.9 Å². The summed E-state index contributed by atoms with van der Waals surface area (Å²) >= 11 is 3.23. The average Bonchev–Trinajstić information content (AvgIpc) is 3.51. The van der Waals surface area contributed by atoms with Gasteiger partial charge in [0.25, 0.3) is 0 Å². The SMILES string of the molecule is O=C(Nc1ccc2cc[nH]c2c1)C(Sc1cccc(NC(=O)N2c3ccccc3SC3C=CC=CC32)c1)c1ccccc1. The molecule has 1 aliphatic heterocycles. The molecule has 2 heterocycles. The first-order valence-electron chi connectivity index (χ1n) is 14.0. The van der Waals surface area contributed by atoms with Crippen molar-refractivity contribution in [2.75, 3.05) is 15.5 Å². The van der Waals surface area contributed by atoms with Gasteiger partial charge in [-0.1, -0.05) is 78.9 Å². The van der Waals surface area contributed by atoms with E-state index in [0.717, 1.165) is 37.6 Å². The Morgan fingerprint density at radius 2 is 1.63 bits per heavy atom. The molecule has 3 amide bonds. The van der Waals surface area contributed by atoms with Crippen molar-refractivity contribution < 1.29 is 9.59 Å². The number of benzene rings is 4. The number of hydrogen-bond acceptors (Lipinski definition) is 4. The first-order chi connectivity index (χ1) is 21.1. The summed E-state index contributed by atoms with van der Waals surface area (Å²) in [6.45, 7) is 0. The van der Waals surface area contributed by atoms with Crippen molar-refractivity contribution in [3.8, 4) is 0 Å². The zero-order valence-electron chi connectivity index (χ0n) is 23.0. The molecule has 43 heavy (non-hydrogen) atoms. The van der Waals surface area contributed by atoms with Crippen molar-refractivity contribution in [2.24, 2.45) is 0 Å². The van der Waals surface area contributed by atoms with Crippen LogP contribution in [-0.2, 0) is 4.79 Å². The molecule has 212 valence electrons. The zero-order valence-corrected chi connectivity index (χ0v) is 24.6. The summed E-state index contributed by atoms with van der Waals surface area (Å²) in [7, 11) is 0. The Kier molecular flexibility index (Phi) is 7.53. The van der Waals surface area contributed by atoms with E-state index >= 15 is 0 Å². The molecule has 5 aromatic rings. The Labute approximate surface area is 258 Å². The van der Waals surface area contributed by atoms with Gasteiger partial charge in [-0.05, 0) is 59.5 Å². The third-order valence-corrected chi connectivity index (χ3v) is 10.0. The summed E-state index contributed by atoms with van der Waals surface area (Å²) in [6.07, 6.45) is 10.1. The van der Waals surface area contributed by atoms with Crippen molar-refractivity contribution in [1.82, 2.24) is 4.98 Å². The van der Waals surface area contributed by atoms with E-state index in [1.807, 2.05) is 120 Å². The molecule has 4 aromatic carbocycles. The number of amides is 3. The Bertz CT molecular complexity index is 1870. The number of hydrogen-bond donors (Lipinski definition) is 3. The van der Waals surface area contributed by atoms with E-state index in [1.54, 1.807) is 11.8 Å². The highest BCUT2D eigenvalue weighted by Gasteiger charge is 2.36. The highest BCUT2D eigenvalue weighted by molar-refractivity contribution is 8.00. The van der Waals surface area contributed by atoms with E-state index < -0.39 is 5.25 Å². The largest absolute Gasteiger partial charge is 0.361 e. The summed E-state index contributed by atoms with van der Waals surface area (Å²) in [6, 6.07) is 33.0. The van der Waals surface area contributed by atoms with E-state index in [4.69, 9.17) is 0 Å². The molecule has 2 aliphatic rings. The van der Waals surface area contributed by atoms with Gasteiger partial charge >= 0.3 is 6.03 Å². The van der Waals surface area contributed by atoms with Crippen LogP contribution in [0.4, 0.5) is 21.9 Å². The quantitative estimate of drug-likeness (QED) is 0.171. The molecule has 3 unspecified atom stereocenters. The number of anilines is 3. The van der Waals surface area contributed by atoms with Crippen LogP contribution in [0.2, 0.25) is 0 Å². The van der Waals surface area contributed by atoms with E-state index in [2.05, 4.69) is 33.8 Å². The first-order valence-corrected chi connectivity index (χ1v) is 15.8. The van der Waals surface area contributed by atoms with Gasteiger partial charge in [-0.25, -0.2) is 4.79 Å². The van der Waals surface area contributed by atoms with Gasteiger partial charge < -0.3 is 15.6 Å². The Morgan fingerprint density at radius 1 is 0.814 bits per heavy atom. The molecule has 3 atom stereocenters. The lowest BCUT2D eigenvalue weighted by molar-refractivity contribution is -0.115. The third kappa shape index (κ3) is 5.71. The van der Waals surface area contributed by atoms with Crippen LogP contribution in [0.3, 0.4) is 0 Å². The van der Waals surface area contributed by atoms with Crippen LogP contribution in [-0.4, -0.2) is 28.2 Å². The molecule has 7 rings (SSSR count). The Morgan fingerprint density at radius 3 is 2.53 bits per heavy atom. The molecular formula is C35H28N4O2S2. The third-order valence-electron chi connectivity index (χ3n) is 7.46. The van der Waals surface area contributed by atoms with Gasteiger partial charge in [0.2, 0.25) is 5.91 Å². The van der Waals surface area contributed by atoms with Gasteiger partial charge in [-0.2, -0.15) is 0 Å². The predicted molar refractivity (Wildman–Crippen MR) is 178 cm³/mol. The maximum Gasteiger partial charge on any atom is 0.326 e. The second-order valence-electron chi connectivity index (χ2n) is 10.3. The van der Waals surface area contributed by atoms with Crippen LogP contribution in [0.1, 0.15) is 10.8 Å². The van der Waals surface area contributed by atoms with Crippen LogP contribution in [0, 0.1) is 0 Å². The topological polar surface area (TPSA) is 77.2 Å². The molecule has 0 saturated heterocycles. The van der Waals surface area contributed by atoms with E-state index in [0.29, 0.717) is 5.69 Å². The zero-order chi connectivity index (χ0) is 29.2. The lowest BCUT2D eigenvalue weighted by atomic mass is 10.1. The standard InChI is InChI=1S/C35H28N4O2S2/c40-34(37-26-18-17-23-19-20-36-28(23)22-26)33(24-9-2-1-3-10-24)42-27-12-8-11-25(21-27)38-35(41)39-29-13-4-6-15-31(29)43-32-16-7-5-14-30(32)39/h1-22,29,31,33,36H,(H,37,40)(H,38,41). The minimum absolute atomic E-state index is 0.0844. The minimum Gasteiger partial charge on any atom is -0.361 e. The normalized spacial score (nSPS) is 17.6. The fourth-order valence-corrected chi connectivity index (χ4v) is 7.77. The number of aromatic nitrogens is 1. The summed E-state index contributed by atoms with van der Waals surface area (Å²) in [5.41, 5.74) is 4.15. The second-order valence-corrected chi connectivity index (χ2v) is 12.7. The fraction of sp³-hybridized carbons (Fsp3) is 0.0857. The number of rotatable bonds is 6. The van der Waals surface area contributed by atoms with Crippen LogP contribution in [0.5, 0.6) is 0 Å². The summed E-state index contributed by atoms with van der Waals surface area (Å²) in [4.78, 5) is 34.5. The molecular weight excluding hydrogens is 573 g/mol. The van der Waals surface area contributed by atoms with E-state index in [1.165, 1.54) is 11.8 Å². The molecule has 0 spiro atoms. The van der Waals surface area contributed by atoms with Gasteiger partial charge in [-0.15, -0.1) is 23.5 Å². The molecule has 1 aliphatic carbocycles. The molecule has 8 heteroatoms. The number of thioether (sulfide) groups is 2. The van der Waals surface area contributed by atoms with E-state index in [9.17, 15) is 9.59 Å². The van der Waals surface area contributed by atoms with Crippen LogP contribution >= 0.6 is 23.5 Å². The number of aromatic amines is 1. The van der Waals surface area contributed by atoms with Crippen molar-refractivity contribution in [3.63, 3.8) is 0 Å². The van der Waals surface area contributed by atoms with Crippen molar-refractivity contribution in [3.05, 3.63) is 139 Å². The summed E-state index contributed by atoms with van der Waals surface area (Å²) in [5, 5.41) is 6.96. The van der Waals surface area contributed by atoms with Crippen LogP contribution in [0.15, 0.2) is 143 Å². The minimum atomic E-state index is -0.502. The van der Waals surface area contributed by atoms with Crippen LogP contribution in [0.25, 0.3) is 10.9 Å². The number of para-hydroxylation sites is 1. The van der Waals surface area contributed by atoms with Crippen molar-refractivity contribution >= 4 is 63.4 Å². The molecule has 1 aromatic heterocycles. The number of nitrogens with one attached hydrogen (secondary N) is 3. The second kappa shape index (κ2) is 11.9. The average molecular weight is 601 g/mol. The van der Waals surface area contributed by atoms with Crippen molar-refractivity contribution in [1.29, 1.82) is 0 Å². The number of H-pyrrole nitrogens is 1. The molecule has 3 N–H and O–H groups in total. The Balaban J connectivity index is 1.12. The van der Waals surface area contributed by atoms with Gasteiger partial charge in [0.05, 0.1) is 17.0 Å². The summed E-state index contributed by atoms with van der Waals surface area (Å²) in [5.74, 6) is -0.123. The molecule has 6 nitrogen and oxygen atoms in total. The lowest BCUT2D eigenvalue weighted by Crippen LogP contribution is -2.49. The number of nitrogens with zero attached hydrogens (tertiary/aromatic N) is 1. The summed E-state index contributed by atoms with van der Waals surface area (Å²) < 4.78 is 0. The highest BCUT2D eigenvalue weighted by Crippen LogP contribution is 2.44. The fourth-order valence-electron chi connectivity index (χ4n) is 5.43. The number of fused-ring (bicyclic) bond motifs is 3. The molecule has 0 fully saturated rings. The molecule has 0 radical (unpaired) electrons. The van der Waals surface area contributed by atoms with Gasteiger partial charge in [0.1, 0.15) is 5.25 Å². The number of allylic oxidation sites excluding steroid dienone is 2.